The first-order valence-corrected chi connectivity index (χ1v) is 11.9. The number of hydrogen-bond donors (Lipinski definition) is 2. The summed E-state index contributed by atoms with van der Waals surface area (Å²) in [4.78, 5) is 11.9. The lowest BCUT2D eigenvalue weighted by Gasteiger charge is -2.33. The predicted octanol–water partition coefficient (Wildman–Crippen LogP) is 4.22. The fourth-order valence-corrected chi connectivity index (χ4v) is 4.26. The van der Waals surface area contributed by atoms with E-state index in [1.807, 2.05) is 30.8 Å². The SMILES string of the molecule is CCNC(=NCc1ccc(-n2nc(C)cc2C)nc1)NC1CCN(Cc2ccccc2)CC1.I. The van der Waals surface area contributed by atoms with Crippen LogP contribution in [0.5, 0.6) is 0 Å². The molecular weight excluding hydrogens is 537 g/mol. The molecule has 2 aromatic heterocycles. The number of nitrogens with zero attached hydrogens (tertiary/aromatic N) is 5. The molecule has 34 heavy (non-hydrogen) atoms. The summed E-state index contributed by atoms with van der Waals surface area (Å²) < 4.78 is 1.87. The largest absolute Gasteiger partial charge is 0.357 e. The van der Waals surface area contributed by atoms with Gasteiger partial charge in [-0.1, -0.05) is 36.4 Å². The molecule has 0 amide bonds. The molecule has 1 fully saturated rings. The highest BCUT2D eigenvalue weighted by Gasteiger charge is 2.20. The second-order valence-corrected chi connectivity index (χ2v) is 8.74. The lowest BCUT2D eigenvalue weighted by atomic mass is 10.0. The van der Waals surface area contributed by atoms with Crippen LogP contribution in [0.1, 0.15) is 42.3 Å². The summed E-state index contributed by atoms with van der Waals surface area (Å²) >= 11 is 0. The number of guanidine groups is 1. The van der Waals surface area contributed by atoms with Crippen LogP contribution in [-0.2, 0) is 13.1 Å². The van der Waals surface area contributed by atoms with Crippen molar-refractivity contribution in [2.24, 2.45) is 4.99 Å². The van der Waals surface area contributed by atoms with Crippen LogP contribution in [0.4, 0.5) is 0 Å². The van der Waals surface area contributed by atoms with Gasteiger partial charge in [0.05, 0.1) is 12.2 Å². The highest BCUT2D eigenvalue weighted by atomic mass is 127. The molecule has 0 saturated carbocycles. The third-order valence-corrected chi connectivity index (χ3v) is 5.98. The average molecular weight is 574 g/mol. The first-order valence-electron chi connectivity index (χ1n) is 11.9. The summed E-state index contributed by atoms with van der Waals surface area (Å²) in [6.07, 6.45) is 4.13. The normalized spacial score (nSPS) is 15.1. The number of nitrogens with one attached hydrogen (secondary N) is 2. The Hall–Kier alpha value is -2.46. The molecule has 0 radical (unpaired) electrons. The zero-order valence-corrected chi connectivity index (χ0v) is 22.7. The van der Waals surface area contributed by atoms with Gasteiger partial charge >= 0.3 is 0 Å². The van der Waals surface area contributed by atoms with Crippen molar-refractivity contribution in [2.45, 2.75) is 52.7 Å². The number of pyridine rings is 1. The molecule has 8 heteroatoms. The number of halogens is 1. The van der Waals surface area contributed by atoms with Crippen molar-refractivity contribution in [1.29, 1.82) is 0 Å². The van der Waals surface area contributed by atoms with Crippen molar-refractivity contribution in [3.63, 3.8) is 0 Å². The zero-order valence-electron chi connectivity index (χ0n) is 20.4. The average Bonchev–Trinajstić information content (AvgIpc) is 3.17. The fraction of sp³-hybridized carbons (Fsp3) is 0.423. The summed E-state index contributed by atoms with van der Waals surface area (Å²) in [5.41, 5.74) is 4.54. The van der Waals surface area contributed by atoms with Gasteiger partial charge in [-0.25, -0.2) is 14.7 Å². The highest BCUT2D eigenvalue weighted by Crippen LogP contribution is 2.14. The van der Waals surface area contributed by atoms with Gasteiger partial charge in [-0.3, -0.25) is 4.90 Å². The van der Waals surface area contributed by atoms with Crippen molar-refractivity contribution in [1.82, 2.24) is 30.3 Å². The van der Waals surface area contributed by atoms with E-state index < -0.39 is 0 Å². The Morgan fingerprint density at radius 3 is 2.44 bits per heavy atom. The molecule has 182 valence electrons. The lowest BCUT2D eigenvalue weighted by Crippen LogP contribution is -2.48. The molecule has 1 aliphatic rings. The first kappa shape index (κ1) is 26.2. The van der Waals surface area contributed by atoms with Crippen LogP contribution in [0, 0.1) is 13.8 Å². The Morgan fingerprint density at radius 2 is 1.82 bits per heavy atom. The zero-order chi connectivity index (χ0) is 23.0. The van der Waals surface area contributed by atoms with Crippen molar-refractivity contribution < 1.29 is 0 Å². The molecule has 0 bridgehead atoms. The number of benzene rings is 1. The number of rotatable bonds is 7. The Labute approximate surface area is 220 Å². The number of piperidine rings is 1. The quantitative estimate of drug-likeness (QED) is 0.252. The second-order valence-electron chi connectivity index (χ2n) is 8.74. The number of aromatic nitrogens is 3. The van der Waals surface area contributed by atoms with Gasteiger partial charge in [-0.15, -0.1) is 24.0 Å². The molecule has 1 saturated heterocycles. The van der Waals surface area contributed by atoms with E-state index in [4.69, 9.17) is 4.99 Å². The molecule has 0 aliphatic carbocycles. The Balaban J connectivity index is 0.00000324. The van der Waals surface area contributed by atoms with Crippen molar-refractivity contribution >= 4 is 29.9 Å². The maximum absolute atomic E-state index is 4.81. The summed E-state index contributed by atoms with van der Waals surface area (Å²) in [5, 5.41) is 11.5. The highest BCUT2D eigenvalue weighted by molar-refractivity contribution is 14.0. The third kappa shape index (κ3) is 7.27. The van der Waals surface area contributed by atoms with E-state index in [1.165, 1.54) is 5.56 Å². The molecule has 3 heterocycles. The van der Waals surface area contributed by atoms with Gasteiger partial charge in [0.1, 0.15) is 0 Å². The number of hydrogen-bond acceptors (Lipinski definition) is 4. The molecule has 1 aromatic carbocycles. The van der Waals surface area contributed by atoms with Gasteiger partial charge in [-0.05, 0) is 56.9 Å². The minimum Gasteiger partial charge on any atom is -0.357 e. The van der Waals surface area contributed by atoms with E-state index in [9.17, 15) is 0 Å². The molecule has 0 atom stereocenters. The van der Waals surface area contributed by atoms with Gasteiger partial charge in [0.25, 0.3) is 0 Å². The maximum atomic E-state index is 4.81. The van der Waals surface area contributed by atoms with E-state index in [2.05, 4.69) is 75.0 Å². The van der Waals surface area contributed by atoms with E-state index in [0.29, 0.717) is 12.6 Å². The van der Waals surface area contributed by atoms with Gasteiger partial charge in [0, 0.05) is 44.1 Å². The molecule has 2 N–H and O–H groups in total. The van der Waals surface area contributed by atoms with Crippen LogP contribution in [0.25, 0.3) is 5.82 Å². The minimum absolute atomic E-state index is 0. The predicted molar refractivity (Wildman–Crippen MR) is 149 cm³/mol. The van der Waals surface area contributed by atoms with Gasteiger partial charge in [0.2, 0.25) is 0 Å². The number of aryl methyl sites for hydroxylation is 2. The molecular formula is C26H36IN7. The molecule has 7 nitrogen and oxygen atoms in total. The van der Waals surface area contributed by atoms with Crippen LogP contribution in [0.3, 0.4) is 0 Å². The van der Waals surface area contributed by atoms with Crippen LogP contribution in [-0.4, -0.2) is 51.3 Å². The van der Waals surface area contributed by atoms with E-state index in [-0.39, 0.29) is 24.0 Å². The van der Waals surface area contributed by atoms with Crippen molar-refractivity contribution in [2.75, 3.05) is 19.6 Å². The van der Waals surface area contributed by atoms with Crippen molar-refractivity contribution in [3.05, 3.63) is 77.2 Å². The summed E-state index contributed by atoms with van der Waals surface area (Å²) in [5.74, 6) is 1.71. The van der Waals surface area contributed by atoms with E-state index in [1.54, 1.807) is 0 Å². The third-order valence-electron chi connectivity index (χ3n) is 5.98. The van der Waals surface area contributed by atoms with Crippen molar-refractivity contribution in [3.8, 4) is 5.82 Å². The minimum atomic E-state index is 0. The molecule has 4 rings (SSSR count). The van der Waals surface area contributed by atoms with Crippen LogP contribution in [0.15, 0.2) is 59.7 Å². The Kier molecular flexibility index (Phi) is 9.88. The lowest BCUT2D eigenvalue weighted by molar-refractivity contribution is 0.198. The first-order chi connectivity index (χ1) is 16.1. The van der Waals surface area contributed by atoms with Gasteiger partial charge in [-0.2, -0.15) is 5.10 Å². The number of likely N-dealkylation sites (tertiary alicyclic amines) is 1. The topological polar surface area (TPSA) is 70.4 Å². The summed E-state index contributed by atoms with van der Waals surface area (Å²) in [6.45, 7) is 10.8. The standard InChI is InChI=1S/C26H35N7.HI/c1-4-27-26(30-24-12-14-32(15-13-24)19-22-8-6-5-7-9-22)29-18-23-10-11-25(28-17-23)33-21(3)16-20(2)31-33;/h5-11,16-17,24H,4,12-15,18-19H2,1-3H3,(H2,27,29,30);1H. The summed E-state index contributed by atoms with van der Waals surface area (Å²) in [7, 11) is 0. The second kappa shape index (κ2) is 12.9. The van der Waals surface area contributed by atoms with E-state index >= 15 is 0 Å². The smallest absolute Gasteiger partial charge is 0.191 e. The maximum Gasteiger partial charge on any atom is 0.191 e. The molecule has 3 aromatic rings. The molecule has 0 unspecified atom stereocenters. The van der Waals surface area contributed by atoms with Crippen LogP contribution >= 0.6 is 24.0 Å². The van der Waals surface area contributed by atoms with Crippen LogP contribution in [0.2, 0.25) is 0 Å². The fourth-order valence-electron chi connectivity index (χ4n) is 4.26. The Bertz CT molecular complexity index is 1040. The molecule has 1 aliphatic heterocycles. The summed E-state index contributed by atoms with van der Waals surface area (Å²) in [6, 6.07) is 17.3. The monoisotopic (exact) mass is 573 g/mol. The van der Waals surface area contributed by atoms with Gasteiger partial charge < -0.3 is 10.6 Å². The number of aliphatic imine (C=N–C) groups is 1. The molecule has 0 spiro atoms. The van der Waals surface area contributed by atoms with Gasteiger partial charge in [0.15, 0.2) is 11.8 Å². The Morgan fingerprint density at radius 1 is 1.06 bits per heavy atom. The van der Waals surface area contributed by atoms with Crippen LogP contribution < -0.4 is 10.6 Å². The van der Waals surface area contributed by atoms with E-state index in [0.717, 1.165) is 67.7 Å².